The molecule has 0 bridgehead atoms. The van der Waals surface area contributed by atoms with E-state index in [-0.39, 0.29) is 29.9 Å². The van der Waals surface area contributed by atoms with Gasteiger partial charge in [-0.25, -0.2) is 8.42 Å². The van der Waals surface area contributed by atoms with Crippen LogP contribution in [0.25, 0.3) is 0 Å². The summed E-state index contributed by atoms with van der Waals surface area (Å²) in [7, 11) is -3.68. The third kappa shape index (κ3) is 4.64. The van der Waals surface area contributed by atoms with Crippen molar-refractivity contribution in [3.63, 3.8) is 0 Å². The first-order valence-electron chi connectivity index (χ1n) is 11.5. The number of hydrogen-bond acceptors (Lipinski definition) is 5. The SMILES string of the molecule is CC1CCN(S(=O)(=O)c2ccc3c(c2)N(CC(=O)N2C[C@H](C)C[C@H](C)C2)C(=O)CO3)CC1. The summed E-state index contributed by atoms with van der Waals surface area (Å²) in [5.74, 6) is 1.30. The van der Waals surface area contributed by atoms with Gasteiger partial charge in [0, 0.05) is 26.2 Å². The van der Waals surface area contributed by atoms with Gasteiger partial charge in [0.1, 0.15) is 12.3 Å². The highest BCUT2D eigenvalue weighted by molar-refractivity contribution is 7.89. The van der Waals surface area contributed by atoms with Crippen LogP contribution in [0.3, 0.4) is 0 Å². The monoisotopic (exact) mass is 463 g/mol. The summed E-state index contributed by atoms with van der Waals surface area (Å²) >= 11 is 0. The number of carbonyl (C=O) groups excluding carboxylic acids is 2. The molecule has 1 aromatic carbocycles. The van der Waals surface area contributed by atoms with E-state index < -0.39 is 10.0 Å². The van der Waals surface area contributed by atoms with Crippen LogP contribution in [-0.4, -0.2) is 68.8 Å². The van der Waals surface area contributed by atoms with Gasteiger partial charge in [0.25, 0.3) is 5.91 Å². The van der Waals surface area contributed by atoms with Crippen molar-refractivity contribution in [2.75, 3.05) is 44.2 Å². The normalized spacial score (nSPS) is 25.4. The van der Waals surface area contributed by atoms with Gasteiger partial charge in [0.15, 0.2) is 6.61 Å². The number of hydrogen-bond donors (Lipinski definition) is 0. The average Bonchev–Trinajstić information content (AvgIpc) is 2.75. The first kappa shape index (κ1) is 23.0. The van der Waals surface area contributed by atoms with Crippen molar-refractivity contribution < 1.29 is 22.7 Å². The van der Waals surface area contributed by atoms with Crippen molar-refractivity contribution in [3.05, 3.63) is 18.2 Å². The molecule has 0 aliphatic carbocycles. The molecule has 2 saturated heterocycles. The Balaban J connectivity index is 1.58. The molecule has 8 nitrogen and oxygen atoms in total. The maximum Gasteiger partial charge on any atom is 0.265 e. The van der Waals surface area contributed by atoms with E-state index >= 15 is 0 Å². The number of fused-ring (bicyclic) bond motifs is 1. The van der Waals surface area contributed by atoms with Crippen molar-refractivity contribution in [1.82, 2.24) is 9.21 Å². The first-order chi connectivity index (χ1) is 15.1. The van der Waals surface area contributed by atoms with E-state index in [9.17, 15) is 18.0 Å². The lowest BCUT2D eigenvalue weighted by Gasteiger charge is -2.37. The van der Waals surface area contributed by atoms with Gasteiger partial charge in [0.2, 0.25) is 15.9 Å². The molecule has 0 radical (unpaired) electrons. The zero-order valence-electron chi connectivity index (χ0n) is 19.1. The van der Waals surface area contributed by atoms with Gasteiger partial charge in [0.05, 0.1) is 10.6 Å². The summed E-state index contributed by atoms with van der Waals surface area (Å²) in [5.41, 5.74) is 0.346. The number of anilines is 1. The van der Waals surface area contributed by atoms with Crippen molar-refractivity contribution in [2.24, 2.45) is 17.8 Å². The number of piperidine rings is 2. The number of carbonyl (C=O) groups is 2. The fourth-order valence-electron chi connectivity index (χ4n) is 4.99. The molecule has 4 rings (SSSR count). The Morgan fingerprint density at radius 1 is 1.06 bits per heavy atom. The summed E-state index contributed by atoms with van der Waals surface area (Å²) in [6.45, 7) is 8.44. The van der Waals surface area contributed by atoms with Crippen molar-refractivity contribution >= 4 is 27.5 Å². The Bertz CT molecular complexity index is 977. The van der Waals surface area contributed by atoms with Gasteiger partial charge in [-0.2, -0.15) is 4.31 Å². The molecule has 1 aromatic rings. The second kappa shape index (κ2) is 9.02. The molecule has 32 heavy (non-hydrogen) atoms. The Kier molecular flexibility index (Phi) is 6.49. The topological polar surface area (TPSA) is 87.2 Å². The molecule has 3 aliphatic rings. The van der Waals surface area contributed by atoms with Crippen LogP contribution in [0, 0.1) is 17.8 Å². The summed E-state index contributed by atoms with van der Waals surface area (Å²) < 4.78 is 33.5. The first-order valence-corrected chi connectivity index (χ1v) is 12.9. The highest BCUT2D eigenvalue weighted by Gasteiger charge is 2.34. The summed E-state index contributed by atoms with van der Waals surface area (Å²) in [6.07, 6.45) is 2.75. The Morgan fingerprint density at radius 3 is 2.38 bits per heavy atom. The van der Waals surface area contributed by atoms with Gasteiger partial charge in [-0.3, -0.25) is 14.5 Å². The van der Waals surface area contributed by atoms with E-state index in [0.29, 0.717) is 55.4 Å². The van der Waals surface area contributed by atoms with Crippen LogP contribution >= 0.6 is 0 Å². The van der Waals surface area contributed by atoms with E-state index in [0.717, 1.165) is 19.3 Å². The molecule has 2 fully saturated rings. The van der Waals surface area contributed by atoms with Crippen LogP contribution in [-0.2, 0) is 19.6 Å². The minimum atomic E-state index is -3.68. The lowest BCUT2D eigenvalue weighted by atomic mass is 9.92. The van der Waals surface area contributed by atoms with E-state index in [1.165, 1.54) is 21.3 Å². The predicted molar refractivity (Wildman–Crippen MR) is 121 cm³/mol. The molecule has 9 heteroatoms. The Hall–Kier alpha value is -2.13. The molecule has 0 aromatic heterocycles. The van der Waals surface area contributed by atoms with E-state index in [2.05, 4.69) is 20.8 Å². The molecule has 0 N–H and O–H groups in total. The second-order valence-electron chi connectivity index (χ2n) is 9.73. The van der Waals surface area contributed by atoms with Crippen molar-refractivity contribution in [1.29, 1.82) is 0 Å². The average molecular weight is 464 g/mol. The van der Waals surface area contributed by atoms with Crippen LogP contribution in [0.4, 0.5) is 5.69 Å². The number of likely N-dealkylation sites (tertiary alicyclic amines) is 1. The van der Waals surface area contributed by atoms with Crippen LogP contribution < -0.4 is 9.64 Å². The summed E-state index contributed by atoms with van der Waals surface area (Å²) in [4.78, 5) is 29.0. The number of benzene rings is 1. The number of ether oxygens (including phenoxy) is 1. The third-order valence-corrected chi connectivity index (χ3v) is 8.66. The summed E-state index contributed by atoms with van der Waals surface area (Å²) in [5, 5.41) is 0. The lowest BCUT2D eigenvalue weighted by Crippen LogP contribution is -2.50. The fourth-order valence-corrected chi connectivity index (χ4v) is 6.48. The van der Waals surface area contributed by atoms with Crippen LogP contribution in [0.2, 0.25) is 0 Å². The largest absolute Gasteiger partial charge is 0.482 e. The molecule has 176 valence electrons. The quantitative estimate of drug-likeness (QED) is 0.684. The van der Waals surface area contributed by atoms with Gasteiger partial charge in [-0.1, -0.05) is 20.8 Å². The van der Waals surface area contributed by atoms with Crippen LogP contribution in [0.5, 0.6) is 5.75 Å². The predicted octanol–water partition coefficient (Wildman–Crippen LogP) is 2.34. The standard InChI is InChI=1S/C23H33N3O5S/c1-16-6-8-25(9-7-16)32(29,30)19-4-5-21-20(11-19)26(23(28)15-31-21)14-22(27)24-12-17(2)10-18(3)13-24/h4-5,11,16-18H,6-10,12-15H2,1-3H3/t17-,18+. The molecule has 0 saturated carbocycles. The minimum Gasteiger partial charge on any atom is -0.482 e. The number of nitrogens with zero attached hydrogens (tertiary/aromatic N) is 3. The molecular formula is C23H33N3O5S. The van der Waals surface area contributed by atoms with Crippen LogP contribution in [0.1, 0.15) is 40.0 Å². The second-order valence-corrected chi connectivity index (χ2v) is 11.7. The maximum absolute atomic E-state index is 13.2. The lowest BCUT2D eigenvalue weighted by molar-refractivity contribution is -0.134. The molecule has 3 aliphatic heterocycles. The molecule has 0 unspecified atom stereocenters. The molecule has 3 heterocycles. The number of rotatable bonds is 4. The molecule has 2 atom stereocenters. The number of sulfonamides is 1. The van der Waals surface area contributed by atoms with Crippen molar-refractivity contribution in [2.45, 2.75) is 44.9 Å². The number of amides is 2. The van der Waals surface area contributed by atoms with E-state index in [4.69, 9.17) is 4.74 Å². The zero-order valence-corrected chi connectivity index (χ0v) is 19.9. The smallest absolute Gasteiger partial charge is 0.265 e. The maximum atomic E-state index is 13.2. The van der Waals surface area contributed by atoms with E-state index in [1.54, 1.807) is 6.07 Å². The van der Waals surface area contributed by atoms with Gasteiger partial charge < -0.3 is 9.64 Å². The summed E-state index contributed by atoms with van der Waals surface area (Å²) in [6, 6.07) is 4.59. The molecule has 2 amide bonds. The Morgan fingerprint density at radius 2 is 1.72 bits per heavy atom. The molecule has 0 spiro atoms. The molecular weight excluding hydrogens is 430 g/mol. The highest BCUT2D eigenvalue weighted by Crippen LogP contribution is 2.36. The fraction of sp³-hybridized carbons (Fsp3) is 0.652. The zero-order chi connectivity index (χ0) is 23.0. The third-order valence-electron chi connectivity index (χ3n) is 6.77. The highest BCUT2D eigenvalue weighted by atomic mass is 32.2. The minimum absolute atomic E-state index is 0.112. The van der Waals surface area contributed by atoms with Gasteiger partial charge in [-0.15, -0.1) is 0 Å². The Labute approximate surface area is 190 Å². The van der Waals surface area contributed by atoms with Crippen molar-refractivity contribution in [3.8, 4) is 5.75 Å². The van der Waals surface area contributed by atoms with Crippen LogP contribution in [0.15, 0.2) is 23.1 Å². The van der Waals surface area contributed by atoms with E-state index in [1.807, 2.05) is 4.90 Å². The van der Waals surface area contributed by atoms with Gasteiger partial charge in [-0.05, 0) is 55.2 Å². The van der Waals surface area contributed by atoms with Gasteiger partial charge >= 0.3 is 0 Å².